The molecule has 1 aromatic carbocycles. The van der Waals surface area contributed by atoms with Crippen molar-refractivity contribution in [2.45, 2.75) is 25.6 Å². The summed E-state index contributed by atoms with van der Waals surface area (Å²) in [4.78, 5) is 14.7. The number of hydrogen-bond donors (Lipinski definition) is 1. The van der Waals surface area contributed by atoms with Crippen LogP contribution in [-0.4, -0.2) is 33.7 Å². The zero-order chi connectivity index (χ0) is 18.1. The fourth-order valence-electron chi connectivity index (χ4n) is 3.08. The molecule has 0 atom stereocenters. The molecular weight excluding hydrogens is 336 g/mol. The van der Waals surface area contributed by atoms with Gasteiger partial charge in [-0.25, -0.2) is 14.4 Å². The fraction of sp³-hybridized carbons (Fsp3) is 0.316. The van der Waals surface area contributed by atoms with Crippen molar-refractivity contribution >= 4 is 22.7 Å². The summed E-state index contributed by atoms with van der Waals surface area (Å²) in [5.74, 6) is 0.675. The van der Waals surface area contributed by atoms with Gasteiger partial charge in [0.05, 0.1) is 18.6 Å². The third-order valence-electron chi connectivity index (χ3n) is 4.70. The number of pyridine rings is 1. The van der Waals surface area contributed by atoms with E-state index in [1.807, 2.05) is 36.1 Å². The first-order chi connectivity index (χ1) is 12.6. The lowest BCUT2D eigenvalue weighted by Crippen LogP contribution is -2.59. The molecule has 0 unspecified atom stereocenters. The maximum atomic E-state index is 14.3. The second-order valence-corrected chi connectivity index (χ2v) is 6.59. The summed E-state index contributed by atoms with van der Waals surface area (Å²) in [5, 5.41) is 4.05. The normalized spacial score (nSPS) is 15.7. The Bertz CT molecular complexity index is 923. The minimum Gasteiger partial charge on any atom is -0.350 e. The average molecular weight is 355 g/mol. The number of aromatic nitrogens is 3. The minimum absolute atomic E-state index is 0.339. The Morgan fingerprint density at radius 3 is 2.69 bits per heavy atom. The van der Waals surface area contributed by atoms with Crippen LogP contribution in [0.1, 0.15) is 18.9 Å². The van der Waals surface area contributed by atoms with E-state index in [1.165, 1.54) is 12.3 Å². The van der Waals surface area contributed by atoms with Crippen LogP contribution in [-0.2, 0) is 6.54 Å². The highest BCUT2D eigenvalue weighted by molar-refractivity contribution is 5.91. The number of benzene rings is 1. The van der Waals surface area contributed by atoms with Crippen LogP contribution in [0.5, 0.6) is 0 Å². The van der Waals surface area contributed by atoms with Gasteiger partial charge >= 0.3 is 0 Å². The van der Waals surface area contributed by atoms with E-state index in [2.05, 4.69) is 20.3 Å². The van der Waals surface area contributed by atoms with Gasteiger partial charge in [0.1, 0.15) is 11.5 Å². The molecule has 1 N–H and O–H groups in total. The summed E-state index contributed by atoms with van der Waals surface area (Å²) >= 11 is 0. The van der Waals surface area contributed by atoms with Crippen molar-refractivity contribution in [2.24, 2.45) is 0 Å². The van der Waals surface area contributed by atoms with Crippen LogP contribution in [0.4, 0.5) is 20.5 Å². The number of fused-ring (bicyclic) bond motifs is 1. The smallest absolute Gasteiger partial charge is 0.225 e. The van der Waals surface area contributed by atoms with Gasteiger partial charge in [-0.3, -0.25) is 0 Å². The van der Waals surface area contributed by atoms with Crippen molar-refractivity contribution in [3.05, 3.63) is 54.1 Å². The summed E-state index contributed by atoms with van der Waals surface area (Å²) in [5.41, 5.74) is 0.479. The third kappa shape index (κ3) is 3.16. The molecule has 134 valence electrons. The van der Waals surface area contributed by atoms with E-state index in [0.29, 0.717) is 32.0 Å². The number of nitrogens with zero attached hydrogens (tertiary/aromatic N) is 4. The molecule has 4 rings (SSSR count). The van der Waals surface area contributed by atoms with Crippen LogP contribution in [0.2, 0.25) is 0 Å². The second kappa shape index (κ2) is 6.48. The maximum absolute atomic E-state index is 14.3. The lowest BCUT2D eigenvalue weighted by Gasteiger charge is -2.45. The standard InChI is InChI=1S/C19H19F2N5/c1-2-19(21)11-26(12-19)17-14-5-3-4-6-15(14)24-18(25-17)23-10-13-7-8-16(20)22-9-13/h3-9H,2,10-12H2,1H3,(H,23,24,25). The Labute approximate surface area is 150 Å². The van der Waals surface area contributed by atoms with E-state index >= 15 is 0 Å². The van der Waals surface area contributed by atoms with Crippen LogP contribution in [0.15, 0.2) is 42.6 Å². The van der Waals surface area contributed by atoms with Gasteiger partial charge in [0, 0.05) is 18.1 Å². The van der Waals surface area contributed by atoms with Gasteiger partial charge in [-0.15, -0.1) is 0 Å². The van der Waals surface area contributed by atoms with E-state index in [9.17, 15) is 8.78 Å². The lowest BCUT2D eigenvalue weighted by molar-refractivity contribution is 0.115. The Kier molecular flexibility index (Phi) is 4.14. The topological polar surface area (TPSA) is 53.9 Å². The molecule has 1 aliphatic heterocycles. The predicted molar refractivity (Wildman–Crippen MR) is 97.4 cm³/mol. The van der Waals surface area contributed by atoms with Gasteiger partial charge in [0.15, 0.2) is 0 Å². The highest BCUT2D eigenvalue weighted by Gasteiger charge is 2.43. The van der Waals surface area contributed by atoms with Gasteiger partial charge in [0.25, 0.3) is 0 Å². The number of halogens is 2. The van der Waals surface area contributed by atoms with Crippen molar-refractivity contribution < 1.29 is 8.78 Å². The van der Waals surface area contributed by atoms with Gasteiger partial charge in [-0.05, 0) is 30.2 Å². The molecule has 0 radical (unpaired) electrons. The van der Waals surface area contributed by atoms with E-state index in [4.69, 9.17) is 0 Å². The largest absolute Gasteiger partial charge is 0.350 e. The molecule has 5 nitrogen and oxygen atoms in total. The molecular formula is C19H19F2N5. The van der Waals surface area contributed by atoms with E-state index in [1.54, 1.807) is 6.07 Å². The van der Waals surface area contributed by atoms with Crippen LogP contribution in [0, 0.1) is 5.95 Å². The summed E-state index contributed by atoms with van der Waals surface area (Å²) in [6, 6.07) is 10.7. The number of anilines is 2. The third-order valence-corrected chi connectivity index (χ3v) is 4.70. The monoisotopic (exact) mass is 355 g/mol. The number of rotatable bonds is 5. The molecule has 26 heavy (non-hydrogen) atoms. The quantitative estimate of drug-likeness (QED) is 0.707. The molecule has 3 aromatic rings. The number of nitrogens with one attached hydrogen (secondary N) is 1. The van der Waals surface area contributed by atoms with Crippen molar-refractivity contribution in [3.63, 3.8) is 0 Å². The second-order valence-electron chi connectivity index (χ2n) is 6.59. The Morgan fingerprint density at radius 2 is 1.96 bits per heavy atom. The molecule has 0 aliphatic carbocycles. The Morgan fingerprint density at radius 1 is 1.15 bits per heavy atom. The van der Waals surface area contributed by atoms with Crippen LogP contribution in [0.25, 0.3) is 10.9 Å². The first-order valence-corrected chi connectivity index (χ1v) is 8.61. The molecule has 1 aliphatic rings. The molecule has 0 amide bonds. The molecule has 0 saturated carbocycles. The highest BCUT2D eigenvalue weighted by Crippen LogP contribution is 2.35. The zero-order valence-corrected chi connectivity index (χ0v) is 14.4. The van der Waals surface area contributed by atoms with Crippen LogP contribution >= 0.6 is 0 Å². The summed E-state index contributed by atoms with van der Waals surface area (Å²) in [6.07, 6.45) is 1.97. The van der Waals surface area contributed by atoms with E-state index < -0.39 is 11.6 Å². The lowest BCUT2D eigenvalue weighted by atomic mass is 9.93. The SMILES string of the molecule is CCC1(F)CN(c2nc(NCc3ccc(F)nc3)nc3ccccc23)C1. The molecule has 3 heterocycles. The van der Waals surface area contributed by atoms with Gasteiger partial charge in [-0.1, -0.05) is 25.1 Å². The van der Waals surface area contributed by atoms with Gasteiger partial charge in [-0.2, -0.15) is 9.37 Å². The van der Waals surface area contributed by atoms with Gasteiger partial charge in [0.2, 0.25) is 11.9 Å². The molecule has 1 fully saturated rings. The zero-order valence-electron chi connectivity index (χ0n) is 14.4. The van der Waals surface area contributed by atoms with Crippen LogP contribution < -0.4 is 10.2 Å². The van der Waals surface area contributed by atoms with Crippen molar-refractivity contribution in [1.29, 1.82) is 0 Å². The number of hydrogen-bond acceptors (Lipinski definition) is 5. The molecule has 7 heteroatoms. The summed E-state index contributed by atoms with van der Waals surface area (Å²) in [7, 11) is 0. The Balaban J connectivity index is 1.60. The van der Waals surface area contributed by atoms with Crippen molar-refractivity contribution in [2.75, 3.05) is 23.3 Å². The van der Waals surface area contributed by atoms with E-state index in [-0.39, 0.29) is 0 Å². The summed E-state index contributed by atoms with van der Waals surface area (Å²) in [6.45, 7) is 2.96. The minimum atomic E-state index is -1.14. The molecule has 2 aromatic heterocycles. The number of alkyl halides is 1. The summed E-state index contributed by atoms with van der Waals surface area (Å²) < 4.78 is 27.2. The molecule has 0 spiro atoms. The molecule has 1 saturated heterocycles. The van der Waals surface area contributed by atoms with Gasteiger partial charge < -0.3 is 10.2 Å². The first-order valence-electron chi connectivity index (χ1n) is 8.61. The fourth-order valence-corrected chi connectivity index (χ4v) is 3.08. The number of para-hydroxylation sites is 1. The maximum Gasteiger partial charge on any atom is 0.225 e. The highest BCUT2D eigenvalue weighted by atomic mass is 19.1. The van der Waals surface area contributed by atoms with Crippen molar-refractivity contribution in [1.82, 2.24) is 15.0 Å². The predicted octanol–water partition coefficient (Wildman–Crippen LogP) is 3.71. The van der Waals surface area contributed by atoms with E-state index in [0.717, 1.165) is 22.3 Å². The molecule has 0 bridgehead atoms. The van der Waals surface area contributed by atoms with Crippen molar-refractivity contribution in [3.8, 4) is 0 Å². The first kappa shape index (κ1) is 16.6. The van der Waals surface area contributed by atoms with Crippen LogP contribution in [0.3, 0.4) is 0 Å². The Hall–Kier alpha value is -2.83. The average Bonchev–Trinajstić information content (AvgIpc) is 2.64.